The highest BCUT2D eigenvalue weighted by atomic mass is 32.2. The summed E-state index contributed by atoms with van der Waals surface area (Å²) >= 11 is 0. The van der Waals surface area contributed by atoms with Crippen molar-refractivity contribution in [2.24, 2.45) is 0 Å². The van der Waals surface area contributed by atoms with Gasteiger partial charge in [-0.05, 0) is 32.0 Å². The van der Waals surface area contributed by atoms with E-state index < -0.39 is 16.0 Å². The van der Waals surface area contributed by atoms with Gasteiger partial charge in [0.1, 0.15) is 5.52 Å². The van der Waals surface area contributed by atoms with Gasteiger partial charge in [0.2, 0.25) is 0 Å². The highest BCUT2D eigenvalue weighted by molar-refractivity contribution is 7.90. The van der Waals surface area contributed by atoms with Crippen LogP contribution < -0.4 is 0 Å². The smallest absolute Gasteiger partial charge is 0.358 e. The van der Waals surface area contributed by atoms with Crippen molar-refractivity contribution < 1.29 is 17.9 Å². The number of aryl methyl sites for hydroxylation is 1. The van der Waals surface area contributed by atoms with Crippen LogP contribution in [0.5, 0.6) is 0 Å². The molecule has 2 heterocycles. The summed E-state index contributed by atoms with van der Waals surface area (Å²) in [6.07, 6.45) is 2.58. The number of nitrogens with zero attached hydrogens (tertiary/aromatic N) is 3. The minimum atomic E-state index is -3.78. The van der Waals surface area contributed by atoms with Crippen LogP contribution in [0.4, 0.5) is 0 Å². The Morgan fingerprint density at radius 1 is 1.21 bits per heavy atom. The second-order valence-corrected chi connectivity index (χ2v) is 6.93. The highest BCUT2D eigenvalue weighted by Gasteiger charge is 2.21. The van der Waals surface area contributed by atoms with Crippen LogP contribution in [0, 0.1) is 6.92 Å². The van der Waals surface area contributed by atoms with Crippen molar-refractivity contribution in [2.75, 3.05) is 6.61 Å². The molecule has 0 N–H and O–H groups in total. The first kappa shape index (κ1) is 16.1. The molecule has 0 amide bonds. The summed E-state index contributed by atoms with van der Waals surface area (Å²) in [7, 11) is -3.78. The van der Waals surface area contributed by atoms with Gasteiger partial charge in [0.25, 0.3) is 10.0 Å². The number of hydrogen-bond donors (Lipinski definition) is 0. The van der Waals surface area contributed by atoms with Gasteiger partial charge in [-0.25, -0.2) is 27.2 Å². The zero-order chi connectivity index (χ0) is 17.3. The van der Waals surface area contributed by atoms with Crippen molar-refractivity contribution in [3.05, 3.63) is 54.0 Å². The van der Waals surface area contributed by atoms with Gasteiger partial charge >= 0.3 is 5.97 Å². The van der Waals surface area contributed by atoms with Crippen molar-refractivity contribution >= 4 is 27.2 Å². The number of esters is 1. The van der Waals surface area contributed by atoms with Crippen LogP contribution in [0.1, 0.15) is 23.0 Å². The Hall–Kier alpha value is -2.74. The minimum Gasteiger partial charge on any atom is -0.461 e. The standard InChI is InChI=1S/C16H15N3O4S/c1-3-23-16(20)14-10-17-15-13(18-14)8-9-19(15)24(21,22)12-6-4-11(2)5-7-12/h4-10H,3H2,1-2H3. The lowest BCUT2D eigenvalue weighted by molar-refractivity contribution is 0.0519. The SMILES string of the molecule is CCOC(=O)c1cnc2c(ccn2S(=O)(=O)c2ccc(C)cc2)n1. The molecule has 0 spiro atoms. The largest absolute Gasteiger partial charge is 0.461 e. The van der Waals surface area contributed by atoms with E-state index in [0.29, 0.717) is 5.52 Å². The lowest BCUT2D eigenvalue weighted by Crippen LogP contribution is -2.13. The molecule has 3 aromatic rings. The highest BCUT2D eigenvalue weighted by Crippen LogP contribution is 2.20. The van der Waals surface area contributed by atoms with Gasteiger partial charge in [0, 0.05) is 6.20 Å². The van der Waals surface area contributed by atoms with Crippen molar-refractivity contribution in [1.82, 2.24) is 13.9 Å². The lowest BCUT2D eigenvalue weighted by Gasteiger charge is -2.07. The first-order valence-electron chi connectivity index (χ1n) is 7.27. The maximum atomic E-state index is 12.7. The van der Waals surface area contributed by atoms with E-state index in [4.69, 9.17) is 4.74 Å². The Balaban J connectivity index is 2.07. The van der Waals surface area contributed by atoms with E-state index in [-0.39, 0.29) is 22.8 Å². The number of carbonyl (C=O) groups excluding carboxylic acids is 1. The summed E-state index contributed by atoms with van der Waals surface area (Å²) in [5.74, 6) is -0.596. The molecule has 8 heteroatoms. The van der Waals surface area contributed by atoms with Crippen molar-refractivity contribution in [1.29, 1.82) is 0 Å². The molecule has 124 valence electrons. The Labute approximate surface area is 139 Å². The number of benzene rings is 1. The van der Waals surface area contributed by atoms with E-state index >= 15 is 0 Å². The molecule has 0 radical (unpaired) electrons. The Kier molecular flexibility index (Phi) is 4.06. The summed E-state index contributed by atoms with van der Waals surface area (Å²) in [5.41, 5.74) is 1.46. The van der Waals surface area contributed by atoms with Crippen LogP contribution in [-0.4, -0.2) is 34.9 Å². The number of rotatable bonds is 4. The normalized spacial score (nSPS) is 11.6. The third-order valence-electron chi connectivity index (χ3n) is 3.42. The average Bonchev–Trinajstić information content (AvgIpc) is 2.99. The summed E-state index contributed by atoms with van der Waals surface area (Å²) in [5, 5.41) is 0. The predicted octanol–water partition coefficient (Wildman–Crippen LogP) is 2.15. The second kappa shape index (κ2) is 6.04. The lowest BCUT2D eigenvalue weighted by atomic mass is 10.2. The number of hydrogen-bond acceptors (Lipinski definition) is 6. The van der Waals surface area contributed by atoms with Crippen LogP contribution in [-0.2, 0) is 14.8 Å². The molecule has 7 nitrogen and oxygen atoms in total. The summed E-state index contributed by atoms with van der Waals surface area (Å²) in [6, 6.07) is 8.02. The van der Waals surface area contributed by atoms with E-state index in [1.807, 2.05) is 6.92 Å². The van der Waals surface area contributed by atoms with Crippen molar-refractivity contribution in [2.45, 2.75) is 18.7 Å². The first-order valence-corrected chi connectivity index (χ1v) is 8.71. The van der Waals surface area contributed by atoms with Gasteiger partial charge in [-0.1, -0.05) is 17.7 Å². The molecule has 3 rings (SSSR count). The fourth-order valence-corrected chi connectivity index (χ4v) is 3.51. The topological polar surface area (TPSA) is 91.1 Å². The second-order valence-electron chi connectivity index (χ2n) is 5.11. The number of carbonyl (C=O) groups is 1. The monoisotopic (exact) mass is 345 g/mol. The van der Waals surface area contributed by atoms with Crippen LogP contribution in [0.2, 0.25) is 0 Å². The molecular formula is C16H15N3O4S. The fourth-order valence-electron chi connectivity index (χ4n) is 2.21. The number of aromatic nitrogens is 3. The quantitative estimate of drug-likeness (QED) is 0.673. The Morgan fingerprint density at radius 2 is 1.92 bits per heavy atom. The van der Waals surface area contributed by atoms with Gasteiger partial charge in [0.05, 0.1) is 17.7 Å². The van der Waals surface area contributed by atoms with E-state index in [0.717, 1.165) is 9.54 Å². The Bertz CT molecular complexity index is 1010. The van der Waals surface area contributed by atoms with Crippen LogP contribution in [0.3, 0.4) is 0 Å². The third-order valence-corrected chi connectivity index (χ3v) is 5.10. The molecular weight excluding hydrogens is 330 g/mol. The van der Waals surface area contributed by atoms with Gasteiger partial charge in [-0.15, -0.1) is 0 Å². The fraction of sp³-hybridized carbons (Fsp3) is 0.188. The third kappa shape index (κ3) is 2.76. The maximum Gasteiger partial charge on any atom is 0.358 e. The van der Waals surface area contributed by atoms with Gasteiger partial charge in [0.15, 0.2) is 11.3 Å². The van der Waals surface area contributed by atoms with Crippen LogP contribution in [0.25, 0.3) is 11.2 Å². The number of ether oxygens (including phenoxy) is 1. The molecule has 1 aromatic carbocycles. The average molecular weight is 345 g/mol. The van der Waals surface area contributed by atoms with E-state index in [1.54, 1.807) is 19.1 Å². The summed E-state index contributed by atoms with van der Waals surface area (Å²) in [4.78, 5) is 20.0. The summed E-state index contributed by atoms with van der Waals surface area (Å²) in [6.45, 7) is 3.79. The van der Waals surface area contributed by atoms with Crippen LogP contribution in [0.15, 0.2) is 47.6 Å². The molecule has 0 aliphatic heterocycles. The molecule has 0 aliphatic rings. The molecule has 0 fully saturated rings. The Morgan fingerprint density at radius 3 is 2.58 bits per heavy atom. The summed E-state index contributed by atoms with van der Waals surface area (Å²) < 4.78 is 31.4. The van der Waals surface area contributed by atoms with Crippen molar-refractivity contribution in [3.8, 4) is 0 Å². The van der Waals surface area contributed by atoms with E-state index in [2.05, 4.69) is 9.97 Å². The molecule has 0 aliphatic carbocycles. The molecule has 0 unspecified atom stereocenters. The predicted molar refractivity (Wildman–Crippen MR) is 87.2 cm³/mol. The van der Waals surface area contributed by atoms with Crippen molar-refractivity contribution in [3.63, 3.8) is 0 Å². The van der Waals surface area contributed by atoms with E-state index in [9.17, 15) is 13.2 Å². The zero-order valence-corrected chi connectivity index (χ0v) is 13.9. The number of fused-ring (bicyclic) bond motifs is 1. The van der Waals surface area contributed by atoms with Gasteiger partial charge in [-0.3, -0.25) is 0 Å². The van der Waals surface area contributed by atoms with Crippen LogP contribution >= 0.6 is 0 Å². The minimum absolute atomic E-state index is 0.0369. The van der Waals surface area contributed by atoms with Gasteiger partial charge in [-0.2, -0.15) is 0 Å². The molecule has 2 aromatic heterocycles. The first-order chi connectivity index (χ1) is 11.4. The maximum absolute atomic E-state index is 12.7. The van der Waals surface area contributed by atoms with Gasteiger partial charge < -0.3 is 4.74 Å². The molecule has 0 atom stereocenters. The van der Waals surface area contributed by atoms with E-state index in [1.165, 1.54) is 30.6 Å². The molecule has 0 bridgehead atoms. The molecule has 0 saturated carbocycles. The molecule has 24 heavy (non-hydrogen) atoms. The molecule has 0 saturated heterocycles. The zero-order valence-electron chi connectivity index (χ0n) is 13.1.